The van der Waals surface area contributed by atoms with Gasteiger partial charge in [0.15, 0.2) is 0 Å². The highest BCUT2D eigenvalue weighted by Crippen LogP contribution is 2.41. The Morgan fingerprint density at radius 2 is 1.78 bits per heavy atom. The second-order valence-corrected chi connectivity index (χ2v) is 4.75. The van der Waals surface area contributed by atoms with Gasteiger partial charge >= 0.3 is 0 Å². The van der Waals surface area contributed by atoms with Gasteiger partial charge in [-0.3, -0.25) is 0 Å². The lowest BCUT2D eigenvalue weighted by Gasteiger charge is -2.27. The SMILES string of the molecule is CC.N#COCC1(Cc2ccccc2)CCCC1. The number of hydrogen-bond donors (Lipinski definition) is 0. The summed E-state index contributed by atoms with van der Waals surface area (Å²) in [6.45, 7) is 4.58. The van der Waals surface area contributed by atoms with Crippen molar-refractivity contribution in [2.45, 2.75) is 46.0 Å². The Morgan fingerprint density at radius 3 is 2.33 bits per heavy atom. The molecule has 1 aliphatic rings. The summed E-state index contributed by atoms with van der Waals surface area (Å²) in [6.07, 6.45) is 7.74. The minimum absolute atomic E-state index is 0.205. The molecule has 2 nitrogen and oxygen atoms in total. The number of ether oxygens (including phenoxy) is 1. The van der Waals surface area contributed by atoms with E-state index in [1.165, 1.54) is 31.2 Å². The minimum Gasteiger partial charge on any atom is -0.427 e. The number of rotatable bonds is 4. The summed E-state index contributed by atoms with van der Waals surface area (Å²) in [5.74, 6) is 0. The third-order valence-corrected chi connectivity index (χ3v) is 3.53. The summed E-state index contributed by atoms with van der Waals surface area (Å²) >= 11 is 0. The molecule has 98 valence electrons. The molecular weight excluding hydrogens is 222 g/mol. The molecule has 0 spiro atoms. The van der Waals surface area contributed by atoms with E-state index in [1.807, 2.05) is 19.9 Å². The van der Waals surface area contributed by atoms with Crippen LogP contribution in [-0.4, -0.2) is 6.61 Å². The van der Waals surface area contributed by atoms with Crippen LogP contribution in [0, 0.1) is 16.9 Å². The van der Waals surface area contributed by atoms with E-state index in [2.05, 4.69) is 24.3 Å². The van der Waals surface area contributed by atoms with Crippen LogP contribution in [0.15, 0.2) is 30.3 Å². The van der Waals surface area contributed by atoms with Crippen molar-refractivity contribution in [3.63, 3.8) is 0 Å². The topological polar surface area (TPSA) is 33.0 Å². The molecule has 1 fully saturated rings. The van der Waals surface area contributed by atoms with Crippen molar-refractivity contribution in [2.24, 2.45) is 5.41 Å². The van der Waals surface area contributed by atoms with Gasteiger partial charge in [0, 0.05) is 5.41 Å². The molecule has 1 aliphatic carbocycles. The van der Waals surface area contributed by atoms with Crippen LogP contribution in [0.4, 0.5) is 0 Å². The van der Waals surface area contributed by atoms with Crippen LogP contribution in [0.25, 0.3) is 0 Å². The van der Waals surface area contributed by atoms with Gasteiger partial charge in [-0.25, -0.2) is 0 Å². The highest BCUT2D eigenvalue weighted by atomic mass is 16.5. The van der Waals surface area contributed by atoms with Crippen LogP contribution in [0.5, 0.6) is 0 Å². The van der Waals surface area contributed by atoms with Gasteiger partial charge in [0.1, 0.15) is 6.61 Å². The Balaban J connectivity index is 0.000000771. The van der Waals surface area contributed by atoms with Crippen LogP contribution >= 0.6 is 0 Å². The smallest absolute Gasteiger partial charge is 0.286 e. The molecule has 0 bridgehead atoms. The first-order valence-corrected chi connectivity index (χ1v) is 6.89. The molecule has 1 saturated carbocycles. The van der Waals surface area contributed by atoms with Crippen LogP contribution in [0.3, 0.4) is 0 Å². The van der Waals surface area contributed by atoms with Crippen molar-refractivity contribution in [3.8, 4) is 6.26 Å². The van der Waals surface area contributed by atoms with Gasteiger partial charge in [0.05, 0.1) is 0 Å². The number of nitrogens with zero attached hydrogens (tertiary/aromatic N) is 1. The van der Waals surface area contributed by atoms with Gasteiger partial charge in [-0.05, 0) is 24.8 Å². The molecule has 0 atom stereocenters. The van der Waals surface area contributed by atoms with Crippen molar-refractivity contribution in [1.29, 1.82) is 5.26 Å². The molecule has 18 heavy (non-hydrogen) atoms. The second kappa shape index (κ2) is 7.76. The van der Waals surface area contributed by atoms with E-state index in [0.717, 1.165) is 6.42 Å². The molecule has 1 aromatic carbocycles. The van der Waals surface area contributed by atoms with E-state index in [9.17, 15) is 0 Å². The monoisotopic (exact) mass is 245 g/mol. The second-order valence-electron chi connectivity index (χ2n) is 4.75. The average molecular weight is 245 g/mol. The Kier molecular flexibility index (Phi) is 6.28. The molecule has 1 aromatic rings. The van der Waals surface area contributed by atoms with Crippen LogP contribution < -0.4 is 0 Å². The zero-order valence-electron chi connectivity index (χ0n) is 11.5. The maximum atomic E-state index is 8.53. The molecule has 0 amide bonds. The van der Waals surface area contributed by atoms with Gasteiger partial charge < -0.3 is 4.74 Å². The third-order valence-electron chi connectivity index (χ3n) is 3.53. The predicted molar refractivity (Wildman–Crippen MR) is 74.0 cm³/mol. The minimum atomic E-state index is 0.205. The molecule has 2 rings (SSSR count). The summed E-state index contributed by atoms with van der Waals surface area (Å²) < 4.78 is 5.00. The zero-order chi connectivity index (χ0) is 13.3. The maximum absolute atomic E-state index is 8.53. The highest BCUT2D eigenvalue weighted by molar-refractivity contribution is 5.17. The highest BCUT2D eigenvalue weighted by Gasteiger charge is 2.34. The molecule has 0 unspecified atom stereocenters. The van der Waals surface area contributed by atoms with Gasteiger partial charge in [-0.1, -0.05) is 57.0 Å². The van der Waals surface area contributed by atoms with Gasteiger partial charge in [0.25, 0.3) is 6.26 Å². The summed E-state index contributed by atoms with van der Waals surface area (Å²) in [4.78, 5) is 0. The quantitative estimate of drug-likeness (QED) is 0.740. The van der Waals surface area contributed by atoms with Gasteiger partial charge in [-0.2, -0.15) is 5.26 Å². The molecule has 0 saturated heterocycles. The van der Waals surface area contributed by atoms with E-state index in [-0.39, 0.29) is 5.41 Å². The number of benzene rings is 1. The largest absolute Gasteiger partial charge is 0.427 e. The predicted octanol–water partition coefficient (Wildman–Crippen LogP) is 4.31. The van der Waals surface area contributed by atoms with E-state index < -0.39 is 0 Å². The Labute approximate surface area is 111 Å². The lowest BCUT2D eigenvalue weighted by molar-refractivity contribution is 0.123. The first-order chi connectivity index (χ1) is 8.85. The van der Waals surface area contributed by atoms with Crippen LogP contribution in [-0.2, 0) is 11.2 Å². The van der Waals surface area contributed by atoms with Crippen LogP contribution in [0.2, 0.25) is 0 Å². The fourth-order valence-electron chi connectivity index (χ4n) is 2.71. The summed E-state index contributed by atoms with van der Waals surface area (Å²) in [6, 6.07) is 10.5. The average Bonchev–Trinajstić information content (AvgIpc) is 2.89. The van der Waals surface area contributed by atoms with Gasteiger partial charge in [0.2, 0.25) is 0 Å². The fraction of sp³-hybridized carbons (Fsp3) is 0.562. The summed E-state index contributed by atoms with van der Waals surface area (Å²) in [5, 5.41) is 8.53. The number of hydrogen-bond acceptors (Lipinski definition) is 2. The molecule has 0 aromatic heterocycles. The normalized spacial score (nSPS) is 16.3. The zero-order valence-corrected chi connectivity index (χ0v) is 11.5. The third kappa shape index (κ3) is 4.07. The summed E-state index contributed by atoms with van der Waals surface area (Å²) in [7, 11) is 0. The molecule has 0 heterocycles. The Bertz CT molecular complexity index is 360. The van der Waals surface area contributed by atoms with Gasteiger partial charge in [-0.15, -0.1) is 0 Å². The first kappa shape index (κ1) is 14.6. The lowest BCUT2D eigenvalue weighted by atomic mass is 9.81. The van der Waals surface area contributed by atoms with Crippen molar-refractivity contribution in [3.05, 3.63) is 35.9 Å². The van der Waals surface area contributed by atoms with E-state index in [0.29, 0.717) is 6.61 Å². The molecule has 0 aliphatic heterocycles. The molecule has 2 heteroatoms. The first-order valence-electron chi connectivity index (χ1n) is 6.89. The van der Waals surface area contributed by atoms with Crippen molar-refractivity contribution in [1.82, 2.24) is 0 Å². The van der Waals surface area contributed by atoms with Crippen LogP contribution in [0.1, 0.15) is 45.1 Å². The van der Waals surface area contributed by atoms with E-state index in [1.54, 1.807) is 6.26 Å². The summed E-state index contributed by atoms with van der Waals surface area (Å²) in [5.41, 5.74) is 1.56. The molecule has 0 N–H and O–H groups in total. The van der Waals surface area contributed by atoms with E-state index in [4.69, 9.17) is 10.00 Å². The lowest BCUT2D eigenvalue weighted by Crippen LogP contribution is -2.25. The molecular formula is C16H23NO. The Hall–Kier alpha value is -1.49. The fourth-order valence-corrected chi connectivity index (χ4v) is 2.71. The Morgan fingerprint density at radius 1 is 1.17 bits per heavy atom. The standard InChI is InChI=1S/C14H17NO.C2H6/c15-12-16-11-14(8-4-5-9-14)10-13-6-2-1-3-7-13;1-2/h1-3,6-7H,4-5,8-11H2;1-2H3. The van der Waals surface area contributed by atoms with Crippen molar-refractivity contribution < 1.29 is 4.74 Å². The van der Waals surface area contributed by atoms with Crippen molar-refractivity contribution in [2.75, 3.05) is 6.61 Å². The number of nitriles is 1. The molecule has 0 radical (unpaired) electrons. The maximum Gasteiger partial charge on any atom is 0.286 e. The van der Waals surface area contributed by atoms with Crippen molar-refractivity contribution >= 4 is 0 Å². The van der Waals surface area contributed by atoms with E-state index >= 15 is 0 Å².